The monoisotopic (exact) mass is 368 g/mol. The first-order valence-corrected chi connectivity index (χ1v) is 7.44. The number of anilines is 2. The van der Waals surface area contributed by atoms with Crippen molar-refractivity contribution in [3.8, 4) is 0 Å². The van der Waals surface area contributed by atoms with Gasteiger partial charge in [-0.15, -0.1) is 0 Å². The lowest BCUT2D eigenvalue weighted by atomic mass is 10.1. The van der Waals surface area contributed by atoms with Crippen LogP contribution in [0.1, 0.15) is 10.4 Å². The van der Waals surface area contributed by atoms with Crippen molar-refractivity contribution in [2.45, 2.75) is 0 Å². The Morgan fingerprint density at radius 3 is 2.62 bits per heavy atom. The molecule has 0 saturated carbocycles. The Balaban J connectivity index is 2.40. The van der Waals surface area contributed by atoms with Crippen molar-refractivity contribution in [1.29, 1.82) is 0 Å². The molecule has 0 aromatic heterocycles. The molecule has 1 amide bonds. The van der Waals surface area contributed by atoms with Crippen LogP contribution in [0.2, 0.25) is 5.02 Å². The number of benzene rings is 2. The number of aliphatic hydroxyl groups is 1. The molecule has 6 heteroatoms. The summed E-state index contributed by atoms with van der Waals surface area (Å²) in [6, 6.07) is 12.0. The molecule has 0 fully saturated rings. The lowest BCUT2D eigenvalue weighted by Gasteiger charge is -2.23. The first kappa shape index (κ1) is 15.8. The van der Waals surface area contributed by atoms with E-state index in [0.717, 1.165) is 0 Å². The molecule has 0 saturated heterocycles. The highest BCUT2D eigenvalue weighted by molar-refractivity contribution is 9.10. The number of amides is 1. The van der Waals surface area contributed by atoms with Gasteiger partial charge in [0.2, 0.25) is 0 Å². The van der Waals surface area contributed by atoms with Crippen LogP contribution in [0, 0.1) is 0 Å². The Morgan fingerprint density at radius 1 is 1.29 bits per heavy atom. The molecular weight excluding hydrogens is 356 g/mol. The number of carbonyl (C=O) groups excluding carboxylic acids is 1. The minimum Gasteiger partial charge on any atom is -0.397 e. The topological polar surface area (TPSA) is 66.6 Å². The molecule has 0 aliphatic heterocycles. The van der Waals surface area contributed by atoms with Crippen LogP contribution in [-0.4, -0.2) is 24.2 Å². The van der Waals surface area contributed by atoms with Crippen LogP contribution < -0.4 is 10.6 Å². The second-order valence-corrected chi connectivity index (χ2v) is 5.63. The van der Waals surface area contributed by atoms with Crippen molar-refractivity contribution in [3.05, 3.63) is 57.5 Å². The van der Waals surface area contributed by atoms with Gasteiger partial charge < -0.3 is 15.7 Å². The minimum absolute atomic E-state index is 0.158. The standard InChI is InChI=1S/C15H14BrClN2O2/c16-11-9-10(5-6-12(11)17)15(21)19(7-8-20)14-4-2-1-3-13(14)18/h1-6,9,20H,7-8,18H2. The fourth-order valence-electron chi connectivity index (χ4n) is 1.95. The summed E-state index contributed by atoms with van der Waals surface area (Å²) in [6.45, 7) is 0.00211. The van der Waals surface area contributed by atoms with Gasteiger partial charge in [0.1, 0.15) is 0 Å². The second-order valence-electron chi connectivity index (χ2n) is 4.37. The molecule has 2 aromatic rings. The maximum absolute atomic E-state index is 12.6. The molecule has 0 radical (unpaired) electrons. The zero-order chi connectivity index (χ0) is 15.4. The van der Waals surface area contributed by atoms with Crippen LogP contribution in [-0.2, 0) is 0 Å². The third-order valence-corrected chi connectivity index (χ3v) is 4.18. The highest BCUT2D eigenvalue weighted by Crippen LogP contribution is 2.27. The highest BCUT2D eigenvalue weighted by atomic mass is 79.9. The third kappa shape index (κ3) is 3.56. The normalized spacial score (nSPS) is 10.4. The van der Waals surface area contributed by atoms with E-state index in [4.69, 9.17) is 17.3 Å². The zero-order valence-electron chi connectivity index (χ0n) is 11.1. The van der Waals surface area contributed by atoms with E-state index in [9.17, 15) is 9.90 Å². The summed E-state index contributed by atoms with van der Waals surface area (Å²) in [5.74, 6) is -0.251. The molecule has 21 heavy (non-hydrogen) atoms. The maximum atomic E-state index is 12.6. The van der Waals surface area contributed by atoms with E-state index in [0.29, 0.717) is 26.4 Å². The second kappa shape index (κ2) is 6.93. The fourth-order valence-corrected chi connectivity index (χ4v) is 2.45. The van der Waals surface area contributed by atoms with Gasteiger partial charge in [0.25, 0.3) is 5.91 Å². The fraction of sp³-hybridized carbons (Fsp3) is 0.133. The molecule has 4 nitrogen and oxygen atoms in total. The van der Waals surface area contributed by atoms with Gasteiger partial charge in [-0.05, 0) is 46.3 Å². The number of hydrogen-bond donors (Lipinski definition) is 2. The SMILES string of the molecule is Nc1ccccc1N(CCO)C(=O)c1ccc(Cl)c(Br)c1. The number of rotatable bonds is 4. The number of nitrogens with two attached hydrogens (primary N) is 1. The summed E-state index contributed by atoms with van der Waals surface area (Å²) >= 11 is 9.23. The van der Waals surface area contributed by atoms with Gasteiger partial charge in [-0.1, -0.05) is 23.7 Å². The molecule has 0 unspecified atom stereocenters. The Kier molecular flexibility index (Phi) is 5.22. The van der Waals surface area contributed by atoms with E-state index in [1.807, 2.05) is 0 Å². The van der Waals surface area contributed by atoms with Gasteiger partial charge in [0, 0.05) is 16.6 Å². The van der Waals surface area contributed by atoms with Gasteiger partial charge in [-0.2, -0.15) is 0 Å². The Morgan fingerprint density at radius 2 is 2.00 bits per heavy atom. The van der Waals surface area contributed by atoms with Crippen LogP contribution in [0.4, 0.5) is 11.4 Å². The average molecular weight is 370 g/mol. The van der Waals surface area contributed by atoms with Crippen LogP contribution in [0.5, 0.6) is 0 Å². The summed E-state index contributed by atoms with van der Waals surface area (Å²) in [6.07, 6.45) is 0. The Labute approximate surface area is 136 Å². The quantitative estimate of drug-likeness (QED) is 0.812. The number of halogens is 2. The van der Waals surface area contributed by atoms with E-state index in [2.05, 4.69) is 15.9 Å². The first-order valence-electron chi connectivity index (χ1n) is 6.27. The van der Waals surface area contributed by atoms with E-state index in [1.165, 1.54) is 4.90 Å². The maximum Gasteiger partial charge on any atom is 0.258 e. The van der Waals surface area contributed by atoms with Crippen LogP contribution in [0.15, 0.2) is 46.9 Å². The van der Waals surface area contributed by atoms with Crippen LogP contribution in [0.3, 0.4) is 0 Å². The molecule has 2 rings (SSSR count). The summed E-state index contributed by atoms with van der Waals surface area (Å²) in [7, 11) is 0. The molecular formula is C15H14BrClN2O2. The van der Waals surface area contributed by atoms with Crippen molar-refractivity contribution in [1.82, 2.24) is 0 Å². The highest BCUT2D eigenvalue weighted by Gasteiger charge is 2.19. The smallest absolute Gasteiger partial charge is 0.258 e. The van der Waals surface area contributed by atoms with Gasteiger partial charge in [-0.3, -0.25) is 4.79 Å². The van der Waals surface area contributed by atoms with Crippen LogP contribution >= 0.6 is 27.5 Å². The number of aliphatic hydroxyl groups excluding tert-OH is 1. The Hall–Kier alpha value is -1.56. The van der Waals surface area contributed by atoms with E-state index in [-0.39, 0.29) is 19.1 Å². The zero-order valence-corrected chi connectivity index (χ0v) is 13.4. The van der Waals surface area contributed by atoms with Gasteiger partial charge in [0.05, 0.1) is 23.0 Å². The van der Waals surface area contributed by atoms with Gasteiger partial charge in [-0.25, -0.2) is 0 Å². The summed E-state index contributed by atoms with van der Waals surface area (Å²) in [5.41, 5.74) is 7.43. The van der Waals surface area contributed by atoms with Crippen molar-refractivity contribution in [2.24, 2.45) is 0 Å². The number of carbonyl (C=O) groups is 1. The molecule has 0 aliphatic carbocycles. The average Bonchev–Trinajstić information content (AvgIpc) is 2.48. The van der Waals surface area contributed by atoms with Crippen molar-refractivity contribution in [3.63, 3.8) is 0 Å². The number of hydrogen-bond acceptors (Lipinski definition) is 3. The Bertz CT molecular complexity index is 664. The third-order valence-electron chi connectivity index (χ3n) is 2.96. The molecule has 110 valence electrons. The van der Waals surface area contributed by atoms with Crippen LogP contribution in [0.25, 0.3) is 0 Å². The molecule has 0 aliphatic rings. The van der Waals surface area contributed by atoms with Crippen molar-refractivity contribution >= 4 is 44.8 Å². The number of para-hydroxylation sites is 2. The van der Waals surface area contributed by atoms with E-state index < -0.39 is 0 Å². The predicted molar refractivity (Wildman–Crippen MR) is 88.8 cm³/mol. The summed E-state index contributed by atoms with van der Waals surface area (Å²) in [5, 5.41) is 9.75. The predicted octanol–water partition coefficient (Wildman–Crippen LogP) is 3.32. The molecule has 0 heterocycles. The number of nitrogen functional groups attached to an aromatic ring is 1. The van der Waals surface area contributed by atoms with E-state index in [1.54, 1.807) is 42.5 Å². The number of nitrogens with zero attached hydrogens (tertiary/aromatic N) is 1. The van der Waals surface area contributed by atoms with E-state index >= 15 is 0 Å². The lowest BCUT2D eigenvalue weighted by Crippen LogP contribution is -2.34. The summed E-state index contributed by atoms with van der Waals surface area (Å²) < 4.78 is 0.639. The van der Waals surface area contributed by atoms with Crippen molar-refractivity contribution in [2.75, 3.05) is 23.8 Å². The summed E-state index contributed by atoms with van der Waals surface area (Å²) in [4.78, 5) is 14.1. The molecule has 0 bridgehead atoms. The first-order chi connectivity index (χ1) is 10.0. The molecule has 0 spiro atoms. The molecule has 2 aromatic carbocycles. The van der Waals surface area contributed by atoms with Gasteiger partial charge >= 0.3 is 0 Å². The molecule has 0 atom stereocenters. The van der Waals surface area contributed by atoms with Gasteiger partial charge in [0.15, 0.2) is 0 Å². The minimum atomic E-state index is -0.251. The van der Waals surface area contributed by atoms with Crippen molar-refractivity contribution < 1.29 is 9.90 Å². The largest absolute Gasteiger partial charge is 0.397 e. The lowest BCUT2D eigenvalue weighted by molar-refractivity contribution is 0.0981. The molecule has 3 N–H and O–H groups in total.